The van der Waals surface area contributed by atoms with Crippen molar-refractivity contribution >= 4 is 34.3 Å². The molecular weight excluding hydrogens is 383 g/mol. The fraction of sp³-hybridized carbons (Fsp3) is 0. The summed E-state index contributed by atoms with van der Waals surface area (Å²) < 4.78 is 0. The molecule has 136 valence electrons. The number of rotatable bonds is 4. The van der Waals surface area contributed by atoms with E-state index in [2.05, 4.69) is 72.8 Å². The number of hydrogen-bond acceptors (Lipinski definition) is 0. The minimum atomic E-state index is 0.726. The average molecular weight is 401 g/mol. The molecule has 0 heterocycles. The molecule has 0 saturated carbocycles. The molecule has 28 heavy (non-hydrogen) atoms. The van der Waals surface area contributed by atoms with Gasteiger partial charge in [0.1, 0.15) is 0 Å². The predicted molar refractivity (Wildman–Crippen MR) is 121 cm³/mol. The van der Waals surface area contributed by atoms with Crippen molar-refractivity contribution < 1.29 is 0 Å². The molecule has 0 unspecified atom stereocenters. The van der Waals surface area contributed by atoms with Gasteiger partial charge in [-0.3, -0.25) is 0 Å². The minimum Gasteiger partial charge on any atom is -0.0843 e. The summed E-state index contributed by atoms with van der Waals surface area (Å²) in [6.45, 7) is 0. The van der Waals surface area contributed by atoms with E-state index in [9.17, 15) is 0 Å². The Bertz CT molecular complexity index is 988. The van der Waals surface area contributed by atoms with Crippen LogP contribution in [0.1, 0.15) is 22.3 Å². The van der Waals surface area contributed by atoms with Crippen molar-refractivity contribution in [2.24, 2.45) is 0 Å². The Morgan fingerprint density at radius 1 is 0.357 bits per heavy atom. The van der Waals surface area contributed by atoms with Crippen LogP contribution >= 0.6 is 23.2 Å². The average Bonchev–Trinajstić information content (AvgIpc) is 2.75. The highest BCUT2D eigenvalue weighted by atomic mass is 35.5. The second kappa shape index (κ2) is 8.48. The largest absolute Gasteiger partial charge is 0.0843 e. The molecule has 0 aliphatic heterocycles. The van der Waals surface area contributed by atoms with E-state index in [4.69, 9.17) is 23.2 Å². The molecule has 0 atom stereocenters. The molecule has 0 nitrogen and oxygen atoms in total. The smallest absolute Gasteiger partial charge is 0.0406 e. The summed E-state index contributed by atoms with van der Waals surface area (Å²) in [5.74, 6) is 0. The van der Waals surface area contributed by atoms with Crippen LogP contribution in [-0.4, -0.2) is 0 Å². The lowest BCUT2D eigenvalue weighted by Gasteiger charge is -2.18. The number of halogens is 2. The summed E-state index contributed by atoms with van der Waals surface area (Å²) in [7, 11) is 0. The molecule has 0 amide bonds. The first kappa shape index (κ1) is 18.6. The van der Waals surface area contributed by atoms with E-state index in [1.165, 1.54) is 0 Å². The molecular formula is C26H18Cl2. The van der Waals surface area contributed by atoms with Gasteiger partial charge in [-0.15, -0.1) is 0 Å². The lowest BCUT2D eigenvalue weighted by molar-refractivity contribution is 1.50. The normalized spacial score (nSPS) is 11.8. The van der Waals surface area contributed by atoms with Crippen molar-refractivity contribution in [3.8, 4) is 0 Å². The molecule has 0 aliphatic rings. The molecule has 0 fully saturated rings. The number of benzene rings is 4. The second-order valence-electron chi connectivity index (χ2n) is 6.50. The lowest BCUT2D eigenvalue weighted by atomic mass is 9.86. The zero-order valence-electron chi connectivity index (χ0n) is 15.1. The van der Waals surface area contributed by atoms with Crippen molar-refractivity contribution in [3.05, 3.63) is 141 Å². The monoisotopic (exact) mass is 400 g/mol. The molecule has 4 aromatic rings. The van der Waals surface area contributed by atoms with Crippen molar-refractivity contribution in [2.45, 2.75) is 0 Å². The lowest BCUT2D eigenvalue weighted by Crippen LogP contribution is -1.97. The van der Waals surface area contributed by atoms with Gasteiger partial charge < -0.3 is 0 Å². The zero-order chi connectivity index (χ0) is 19.3. The Balaban J connectivity index is 2.08. The van der Waals surface area contributed by atoms with Crippen molar-refractivity contribution in [2.75, 3.05) is 0 Å². The fourth-order valence-electron chi connectivity index (χ4n) is 3.35. The molecule has 0 bridgehead atoms. The van der Waals surface area contributed by atoms with Crippen LogP contribution in [0.5, 0.6) is 0 Å². The zero-order valence-corrected chi connectivity index (χ0v) is 16.7. The Hall–Kier alpha value is -2.80. The van der Waals surface area contributed by atoms with Crippen LogP contribution in [0.2, 0.25) is 10.0 Å². The van der Waals surface area contributed by atoms with Gasteiger partial charge in [0.05, 0.1) is 0 Å². The van der Waals surface area contributed by atoms with Gasteiger partial charge in [0.15, 0.2) is 0 Å². The van der Waals surface area contributed by atoms with Gasteiger partial charge in [0, 0.05) is 10.0 Å². The van der Waals surface area contributed by atoms with Crippen LogP contribution in [0.15, 0.2) is 109 Å². The summed E-state index contributed by atoms with van der Waals surface area (Å²) in [4.78, 5) is 0. The summed E-state index contributed by atoms with van der Waals surface area (Å²) in [5, 5.41) is 1.45. The molecule has 0 spiro atoms. The van der Waals surface area contributed by atoms with Crippen LogP contribution < -0.4 is 0 Å². The van der Waals surface area contributed by atoms with Crippen LogP contribution in [0.3, 0.4) is 0 Å². The highest BCUT2D eigenvalue weighted by molar-refractivity contribution is 6.31. The maximum Gasteiger partial charge on any atom is 0.0406 e. The van der Waals surface area contributed by atoms with Gasteiger partial charge in [-0.1, -0.05) is 108 Å². The van der Waals surface area contributed by atoms with Gasteiger partial charge >= 0.3 is 0 Å². The van der Waals surface area contributed by atoms with E-state index in [0.29, 0.717) is 0 Å². The first-order valence-electron chi connectivity index (χ1n) is 9.09. The molecule has 0 N–H and O–H groups in total. The topological polar surface area (TPSA) is 0 Å². The number of hydrogen-bond donors (Lipinski definition) is 0. The first-order valence-corrected chi connectivity index (χ1v) is 9.85. The van der Waals surface area contributed by atoms with Gasteiger partial charge in [-0.25, -0.2) is 0 Å². The summed E-state index contributed by atoms with van der Waals surface area (Å²) in [6.07, 6.45) is 0. The van der Waals surface area contributed by atoms with E-state index in [0.717, 1.165) is 43.4 Å². The van der Waals surface area contributed by atoms with E-state index >= 15 is 0 Å². The third-order valence-electron chi connectivity index (χ3n) is 4.64. The van der Waals surface area contributed by atoms with Crippen LogP contribution in [0, 0.1) is 0 Å². The Morgan fingerprint density at radius 3 is 0.964 bits per heavy atom. The molecule has 2 heteroatoms. The molecule has 0 radical (unpaired) electrons. The quantitative estimate of drug-likeness (QED) is 0.304. The van der Waals surface area contributed by atoms with Crippen molar-refractivity contribution in [1.29, 1.82) is 0 Å². The van der Waals surface area contributed by atoms with Crippen molar-refractivity contribution in [3.63, 3.8) is 0 Å². The molecule has 0 aliphatic carbocycles. The molecule has 4 rings (SSSR count). The minimum absolute atomic E-state index is 0.726. The summed E-state index contributed by atoms with van der Waals surface area (Å²) in [6, 6.07) is 36.9. The summed E-state index contributed by atoms with van der Waals surface area (Å²) in [5.41, 5.74) is 6.85. The maximum atomic E-state index is 6.16. The third kappa shape index (κ3) is 4.04. The Morgan fingerprint density at radius 2 is 0.643 bits per heavy atom. The van der Waals surface area contributed by atoms with Crippen molar-refractivity contribution in [1.82, 2.24) is 0 Å². The first-order chi connectivity index (χ1) is 13.7. The van der Waals surface area contributed by atoms with Crippen LogP contribution in [-0.2, 0) is 0 Å². The van der Waals surface area contributed by atoms with Gasteiger partial charge in [0.2, 0.25) is 0 Å². The Labute approximate surface area is 175 Å². The van der Waals surface area contributed by atoms with Crippen LogP contribution in [0.4, 0.5) is 0 Å². The maximum absolute atomic E-state index is 6.16. The fourth-order valence-corrected chi connectivity index (χ4v) is 3.61. The van der Waals surface area contributed by atoms with Gasteiger partial charge in [0.25, 0.3) is 0 Å². The molecule has 4 aromatic carbocycles. The highest BCUT2D eigenvalue weighted by Gasteiger charge is 2.16. The van der Waals surface area contributed by atoms with Gasteiger partial charge in [-0.05, 0) is 57.7 Å². The standard InChI is InChI=1S/C26H18Cl2/c27-23-15-11-21(12-16-23)25(19-7-3-1-4-8-19)26(20-9-5-2-6-10-20)22-13-17-24(28)18-14-22/h1-18H/b26-25+. The van der Waals surface area contributed by atoms with Gasteiger partial charge in [-0.2, -0.15) is 0 Å². The SMILES string of the molecule is Clc1ccc(/C(=C(\c2ccccc2)c2ccc(Cl)cc2)c2ccccc2)cc1. The van der Waals surface area contributed by atoms with Crippen LogP contribution in [0.25, 0.3) is 11.1 Å². The molecule has 0 saturated heterocycles. The van der Waals surface area contributed by atoms with E-state index in [-0.39, 0.29) is 0 Å². The van der Waals surface area contributed by atoms with E-state index in [1.807, 2.05) is 36.4 Å². The Kier molecular flexibility index (Phi) is 5.62. The highest BCUT2D eigenvalue weighted by Crippen LogP contribution is 2.37. The third-order valence-corrected chi connectivity index (χ3v) is 5.14. The van der Waals surface area contributed by atoms with E-state index < -0.39 is 0 Å². The molecule has 0 aromatic heterocycles. The van der Waals surface area contributed by atoms with E-state index in [1.54, 1.807) is 0 Å². The summed E-state index contributed by atoms with van der Waals surface area (Å²) >= 11 is 12.3. The predicted octanol–water partition coefficient (Wildman–Crippen LogP) is 8.00. The second-order valence-corrected chi connectivity index (χ2v) is 7.37.